The van der Waals surface area contributed by atoms with E-state index in [0.717, 1.165) is 5.56 Å². The van der Waals surface area contributed by atoms with E-state index in [0.29, 0.717) is 0 Å². The summed E-state index contributed by atoms with van der Waals surface area (Å²) in [5.74, 6) is 0. The Morgan fingerprint density at radius 3 is 2.20 bits per heavy atom. The third-order valence-electron chi connectivity index (χ3n) is 2.12. The summed E-state index contributed by atoms with van der Waals surface area (Å²) in [4.78, 5) is 10.8. The SMILES string of the molecule is CC(C)(C)C(OC(N)=O)c1ccccc1. The van der Waals surface area contributed by atoms with Gasteiger partial charge in [0.1, 0.15) is 6.10 Å². The summed E-state index contributed by atoms with van der Waals surface area (Å²) in [6.07, 6.45) is -1.05. The molecule has 0 bridgehead atoms. The van der Waals surface area contributed by atoms with Crippen LogP contribution >= 0.6 is 0 Å². The first kappa shape index (κ1) is 11.6. The Morgan fingerprint density at radius 2 is 1.80 bits per heavy atom. The molecule has 2 N–H and O–H groups in total. The van der Waals surface area contributed by atoms with Gasteiger partial charge >= 0.3 is 6.09 Å². The fraction of sp³-hybridized carbons (Fsp3) is 0.417. The summed E-state index contributed by atoms with van der Waals surface area (Å²) in [6, 6.07) is 9.61. The van der Waals surface area contributed by atoms with Gasteiger partial charge in [-0.3, -0.25) is 0 Å². The van der Waals surface area contributed by atoms with Gasteiger partial charge in [0.15, 0.2) is 0 Å². The summed E-state index contributed by atoms with van der Waals surface area (Å²) in [6.45, 7) is 6.02. The molecule has 0 spiro atoms. The van der Waals surface area contributed by atoms with Gasteiger partial charge in [-0.25, -0.2) is 4.79 Å². The topological polar surface area (TPSA) is 52.3 Å². The zero-order valence-electron chi connectivity index (χ0n) is 9.36. The molecule has 1 atom stereocenters. The lowest BCUT2D eigenvalue weighted by molar-refractivity contribution is 0.0360. The predicted molar refractivity (Wildman–Crippen MR) is 59.3 cm³/mol. The quantitative estimate of drug-likeness (QED) is 0.810. The van der Waals surface area contributed by atoms with Crippen molar-refractivity contribution in [1.82, 2.24) is 0 Å². The van der Waals surface area contributed by atoms with Crippen LogP contribution in [0.4, 0.5) is 4.79 Å². The van der Waals surface area contributed by atoms with Crippen LogP contribution < -0.4 is 5.73 Å². The molecule has 1 aromatic rings. The van der Waals surface area contributed by atoms with E-state index in [1.165, 1.54) is 0 Å². The number of ether oxygens (including phenoxy) is 1. The lowest BCUT2D eigenvalue weighted by atomic mass is 9.84. The molecule has 0 heterocycles. The Bertz CT molecular complexity index is 327. The number of hydrogen-bond donors (Lipinski definition) is 1. The van der Waals surface area contributed by atoms with E-state index in [1.807, 2.05) is 51.1 Å². The number of primary amides is 1. The van der Waals surface area contributed by atoms with Crippen molar-refractivity contribution in [2.24, 2.45) is 11.1 Å². The van der Waals surface area contributed by atoms with Crippen molar-refractivity contribution in [2.45, 2.75) is 26.9 Å². The van der Waals surface area contributed by atoms with E-state index in [1.54, 1.807) is 0 Å². The molecule has 3 heteroatoms. The second-order valence-electron chi connectivity index (χ2n) is 4.59. The fourth-order valence-corrected chi connectivity index (χ4v) is 1.49. The van der Waals surface area contributed by atoms with E-state index in [-0.39, 0.29) is 11.5 Å². The molecule has 0 aliphatic heterocycles. The molecule has 1 amide bonds. The number of amides is 1. The zero-order valence-corrected chi connectivity index (χ0v) is 9.36. The summed E-state index contributed by atoms with van der Waals surface area (Å²) < 4.78 is 5.14. The van der Waals surface area contributed by atoms with Crippen LogP contribution in [0.2, 0.25) is 0 Å². The van der Waals surface area contributed by atoms with E-state index in [4.69, 9.17) is 10.5 Å². The van der Waals surface area contributed by atoms with Gasteiger partial charge in [0.05, 0.1) is 0 Å². The Labute approximate surface area is 90.2 Å². The Morgan fingerprint density at radius 1 is 1.27 bits per heavy atom. The molecular formula is C12H17NO2. The maximum absolute atomic E-state index is 10.8. The average Bonchev–Trinajstić information content (AvgIpc) is 2.14. The summed E-state index contributed by atoms with van der Waals surface area (Å²) in [5, 5.41) is 0. The summed E-state index contributed by atoms with van der Waals surface area (Å²) in [5.41, 5.74) is 5.86. The van der Waals surface area contributed by atoms with Crippen molar-refractivity contribution in [3.63, 3.8) is 0 Å². The molecule has 3 nitrogen and oxygen atoms in total. The first-order valence-electron chi connectivity index (χ1n) is 4.92. The first-order valence-corrected chi connectivity index (χ1v) is 4.92. The highest BCUT2D eigenvalue weighted by atomic mass is 16.6. The van der Waals surface area contributed by atoms with Crippen LogP contribution in [0.15, 0.2) is 30.3 Å². The Balaban J connectivity index is 2.97. The van der Waals surface area contributed by atoms with Crippen molar-refractivity contribution < 1.29 is 9.53 Å². The van der Waals surface area contributed by atoms with E-state index in [2.05, 4.69) is 0 Å². The number of hydrogen-bond acceptors (Lipinski definition) is 2. The van der Waals surface area contributed by atoms with E-state index in [9.17, 15) is 4.79 Å². The van der Waals surface area contributed by atoms with Gasteiger partial charge in [0, 0.05) is 5.41 Å². The maximum atomic E-state index is 10.8. The highest BCUT2D eigenvalue weighted by Gasteiger charge is 2.29. The molecule has 1 unspecified atom stereocenters. The maximum Gasteiger partial charge on any atom is 0.405 e. The first-order chi connectivity index (χ1) is 6.91. The van der Waals surface area contributed by atoms with Gasteiger partial charge in [0.25, 0.3) is 0 Å². The van der Waals surface area contributed by atoms with Gasteiger partial charge in [-0.15, -0.1) is 0 Å². The molecule has 0 aromatic heterocycles. The van der Waals surface area contributed by atoms with Crippen LogP contribution in [0.3, 0.4) is 0 Å². The van der Waals surface area contributed by atoms with Crippen LogP contribution in [-0.4, -0.2) is 6.09 Å². The second-order valence-corrected chi connectivity index (χ2v) is 4.59. The van der Waals surface area contributed by atoms with Crippen molar-refractivity contribution in [1.29, 1.82) is 0 Å². The molecule has 1 aromatic carbocycles. The zero-order chi connectivity index (χ0) is 11.5. The highest BCUT2D eigenvalue weighted by Crippen LogP contribution is 2.35. The standard InChI is InChI=1S/C12H17NO2/c1-12(2,3)10(15-11(13)14)9-7-5-4-6-8-9/h4-8,10H,1-3H3,(H2,13,14). The molecule has 0 aliphatic carbocycles. The minimum atomic E-state index is -0.737. The molecule has 82 valence electrons. The predicted octanol–water partition coefficient (Wildman–Crippen LogP) is 2.87. The second kappa shape index (κ2) is 4.34. The molecule has 0 aliphatic rings. The lowest BCUT2D eigenvalue weighted by Gasteiger charge is -2.29. The normalized spacial score (nSPS) is 13.3. The van der Waals surface area contributed by atoms with Crippen molar-refractivity contribution in [3.05, 3.63) is 35.9 Å². The number of rotatable bonds is 2. The van der Waals surface area contributed by atoms with Crippen LogP contribution in [0.25, 0.3) is 0 Å². The third kappa shape index (κ3) is 3.27. The lowest BCUT2D eigenvalue weighted by Crippen LogP contribution is -2.26. The van der Waals surface area contributed by atoms with Crippen LogP contribution in [0.1, 0.15) is 32.4 Å². The van der Waals surface area contributed by atoms with Gasteiger partial charge in [0.2, 0.25) is 0 Å². The van der Waals surface area contributed by atoms with E-state index < -0.39 is 6.09 Å². The molecule has 0 saturated heterocycles. The fourth-order valence-electron chi connectivity index (χ4n) is 1.49. The minimum Gasteiger partial charge on any atom is -0.441 e. The molecule has 0 radical (unpaired) electrons. The summed E-state index contributed by atoms with van der Waals surface area (Å²) in [7, 11) is 0. The number of nitrogens with two attached hydrogens (primary N) is 1. The monoisotopic (exact) mass is 207 g/mol. The van der Waals surface area contributed by atoms with Crippen LogP contribution in [-0.2, 0) is 4.74 Å². The highest BCUT2D eigenvalue weighted by molar-refractivity contribution is 5.65. The molecule has 1 rings (SSSR count). The Hall–Kier alpha value is -1.51. The van der Waals surface area contributed by atoms with Crippen LogP contribution in [0.5, 0.6) is 0 Å². The Kier molecular flexibility index (Phi) is 3.35. The smallest absolute Gasteiger partial charge is 0.405 e. The van der Waals surface area contributed by atoms with Crippen LogP contribution in [0, 0.1) is 5.41 Å². The average molecular weight is 207 g/mol. The number of carbonyl (C=O) groups is 1. The van der Waals surface area contributed by atoms with E-state index >= 15 is 0 Å². The van der Waals surface area contributed by atoms with Crippen molar-refractivity contribution >= 4 is 6.09 Å². The van der Waals surface area contributed by atoms with Gasteiger partial charge in [-0.05, 0) is 5.56 Å². The number of carbonyl (C=O) groups excluding carboxylic acids is 1. The molecule has 0 fully saturated rings. The molecular weight excluding hydrogens is 190 g/mol. The number of benzene rings is 1. The minimum absolute atomic E-state index is 0.170. The largest absolute Gasteiger partial charge is 0.441 e. The van der Waals surface area contributed by atoms with Crippen molar-refractivity contribution in [3.8, 4) is 0 Å². The molecule has 15 heavy (non-hydrogen) atoms. The molecule has 0 saturated carbocycles. The van der Waals surface area contributed by atoms with Gasteiger partial charge in [-0.2, -0.15) is 0 Å². The van der Waals surface area contributed by atoms with Crippen molar-refractivity contribution in [2.75, 3.05) is 0 Å². The van der Waals surface area contributed by atoms with Gasteiger partial charge < -0.3 is 10.5 Å². The van der Waals surface area contributed by atoms with Gasteiger partial charge in [-0.1, -0.05) is 51.1 Å². The summed E-state index contributed by atoms with van der Waals surface area (Å²) >= 11 is 0. The third-order valence-corrected chi connectivity index (χ3v) is 2.12.